The van der Waals surface area contributed by atoms with Crippen LogP contribution in [-0.4, -0.2) is 31.1 Å². The Balaban J connectivity index is 2.07. The lowest BCUT2D eigenvalue weighted by molar-refractivity contribution is 0.216. The van der Waals surface area contributed by atoms with E-state index in [2.05, 4.69) is 36.9 Å². The SMILES string of the molecule is Cc1ccc(C(CN)CN2CCCCC2)c(C)c1. The van der Waals surface area contributed by atoms with E-state index in [1.807, 2.05) is 0 Å². The minimum absolute atomic E-state index is 0.490. The summed E-state index contributed by atoms with van der Waals surface area (Å²) in [6, 6.07) is 6.75. The monoisotopic (exact) mass is 246 g/mol. The molecule has 1 aromatic rings. The summed E-state index contributed by atoms with van der Waals surface area (Å²) in [6.07, 6.45) is 4.10. The summed E-state index contributed by atoms with van der Waals surface area (Å²) >= 11 is 0. The van der Waals surface area contributed by atoms with Gasteiger partial charge in [0.05, 0.1) is 0 Å². The van der Waals surface area contributed by atoms with Crippen molar-refractivity contribution in [2.45, 2.75) is 39.0 Å². The second kappa shape index (κ2) is 6.35. The zero-order valence-corrected chi connectivity index (χ0v) is 11.8. The van der Waals surface area contributed by atoms with Crippen LogP contribution in [0.2, 0.25) is 0 Å². The molecule has 0 saturated carbocycles. The molecule has 0 aromatic heterocycles. The molecule has 1 heterocycles. The second-order valence-corrected chi connectivity index (χ2v) is 5.65. The number of benzene rings is 1. The van der Waals surface area contributed by atoms with Crippen molar-refractivity contribution in [3.63, 3.8) is 0 Å². The Morgan fingerprint density at radius 1 is 1.17 bits per heavy atom. The molecule has 1 saturated heterocycles. The molecule has 0 radical (unpaired) electrons. The van der Waals surface area contributed by atoms with Crippen molar-refractivity contribution in [1.82, 2.24) is 4.90 Å². The lowest BCUT2D eigenvalue weighted by Gasteiger charge is -2.30. The van der Waals surface area contributed by atoms with E-state index in [9.17, 15) is 0 Å². The summed E-state index contributed by atoms with van der Waals surface area (Å²) in [7, 11) is 0. The van der Waals surface area contributed by atoms with Gasteiger partial charge >= 0.3 is 0 Å². The summed E-state index contributed by atoms with van der Waals surface area (Å²) in [4.78, 5) is 2.58. The average Bonchev–Trinajstić information content (AvgIpc) is 2.38. The molecular weight excluding hydrogens is 220 g/mol. The molecule has 1 unspecified atom stereocenters. The Morgan fingerprint density at radius 3 is 2.50 bits per heavy atom. The third kappa shape index (κ3) is 3.33. The van der Waals surface area contributed by atoms with Gasteiger partial charge in [-0.15, -0.1) is 0 Å². The van der Waals surface area contributed by atoms with Crippen LogP contribution in [0.3, 0.4) is 0 Å². The molecule has 18 heavy (non-hydrogen) atoms. The van der Waals surface area contributed by atoms with E-state index in [1.165, 1.54) is 49.0 Å². The normalized spacial score (nSPS) is 18.8. The molecule has 0 spiro atoms. The van der Waals surface area contributed by atoms with E-state index in [-0.39, 0.29) is 0 Å². The molecule has 1 fully saturated rings. The van der Waals surface area contributed by atoms with Gasteiger partial charge in [-0.2, -0.15) is 0 Å². The largest absolute Gasteiger partial charge is 0.330 e. The molecule has 1 aromatic carbocycles. The van der Waals surface area contributed by atoms with Crippen molar-refractivity contribution in [1.29, 1.82) is 0 Å². The van der Waals surface area contributed by atoms with Gasteiger partial charge in [0.1, 0.15) is 0 Å². The van der Waals surface area contributed by atoms with Gasteiger partial charge in [0.2, 0.25) is 0 Å². The first-order chi connectivity index (χ1) is 8.70. The number of hydrogen-bond acceptors (Lipinski definition) is 2. The maximum Gasteiger partial charge on any atom is 0.00914 e. The van der Waals surface area contributed by atoms with Crippen LogP contribution in [0, 0.1) is 13.8 Å². The third-order valence-electron chi connectivity index (χ3n) is 4.08. The van der Waals surface area contributed by atoms with Gasteiger partial charge in [-0.05, 0) is 50.9 Å². The van der Waals surface area contributed by atoms with Gasteiger partial charge in [0, 0.05) is 19.0 Å². The number of aryl methyl sites for hydroxylation is 2. The predicted molar refractivity (Wildman–Crippen MR) is 78.0 cm³/mol. The van der Waals surface area contributed by atoms with E-state index in [0.717, 1.165) is 13.1 Å². The van der Waals surface area contributed by atoms with Crippen molar-refractivity contribution in [3.8, 4) is 0 Å². The van der Waals surface area contributed by atoms with Gasteiger partial charge < -0.3 is 10.6 Å². The van der Waals surface area contributed by atoms with Crippen LogP contribution in [0.25, 0.3) is 0 Å². The second-order valence-electron chi connectivity index (χ2n) is 5.65. The molecule has 0 amide bonds. The van der Waals surface area contributed by atoms with Crippen LogP contribution < -0.4 is 5.73 Å². The van der Waals surface area contributed by atoms with E-state index in [0.29, 0.717) is 5.92 Å². The highest BCUT2D eigenvalue weighted by Gasteiger charge is 2.18. The first-order valence-electron chi connectivity index (χ1n) is 7.20. The minimum atomic E-state index is 0.490. The molecule has 2 N–H and O–H groups in total. The quantitative estimate of drug-likeness (QED) is 0.885. The van der Waals surface area contributed by atoms with Crippen LogP contribution in [-0.2, 0) is 0 Å². The third-order valence-corrected chi connectivity index (χ3v) is 4.08. The van der Waals surface area contributed by atoms with Crippen LogP contribution in [0.15, 0.2) is 18.2 Å². The summed E-state index contributed by atoms with van der Waals surface area (Å²) in [5.41, 5.74) is 10.2. The fourth-order valence-corrected chi connectivity index (χ4v) is 3.04. The smallest absolute Gasteiger partial charge is 0.00914 e. The molecule has 0 bridgehead atoms. The average molecular weight is 246 g/mol. The molecular formula is C16H26N2. The van der Waals surface area contributed by atoms with Crippen molar-refractivity contribution < 1.29 is 0 Å². The first kappa shape index (κ1) is 13.6. The number of nitrogens with zero attached hydrogens (tertiary/aromatic N) is 1. The highest BCUT2D eigenvalue weighted by atomic mass is 15.1. The number of nitrogens with two attached hydrogens (primary N) is 1. The summed E-state index contributed by atoms with van der Waals surface area (Å²) in [5, 5.41) is 0. The molecule has 2 rings (SSSR count). The fourth-order valence-electron chi connectivity index (χ4n) is 3.04. The summed E-state index contributed by atoms with van der Waals surface area (Å²) < 4.78 is 0. The Labute approximate surface area is 111 Å². The molecule has 2 nitrogen and oxygen atoms in total. The van der Waals surface area contributed by atoms with Crippen molar-refractivity contribution in [2.24, 2.45) is 5.73 Å². The van der Waals surface area contributed by atoms with Gasteiger partial charge in [0.25, 0.3) is 0 Å². The number of rotatable bonds is 4. The van der Waals surface area contributed by atoms with E-state index in [4.69, 9.17) is 5.73 Å². The van der Waals surface area contributed by atoms with Crippen molar-refractivity contribution in [3.05, 3.63) is 34.9 Å². The van der Waals surface area contributed by atoms with Crippen LogP contribution in [0.5, 0.6) is 0 Å². The predicted octanol–water partition coefficient (Wildman–Crippen LogP) is 2.83. The topological polar surface area (TPSA) is 29.3 Å². The number of hydrogen-bond donors (Lipinski definition) is 1. The molecule has 1 atom stereocenters. The van der Waals surface area contributed by atoms with Crippen LogP contribution in [0.1, 0.15) is 41.9 Å². The molecule has 1 aliphatic heterocycles. The molecule has 2 heteroatoms. The van der Waals surface area contributed by atoms with Gasteiger partial charge in [-0.3, -0.25) is 0 Å². The maximum absolute atomic E-state index is 6.00. The highest BCUT2D eigenvalue weighted by Crippen LogP contribution is 2.22. The fraction of sp³-hybridized carbons (Fsp3) is 0.625. The van der Waals surface area contributed by atoms with Crippen LogP contribution >= 0.6 is 0 Å². The van der Waals surface area contributed by atoms with E-state index >= 15 is 0 Å². The Bertz CT molecular complexity index is 381. The summed E-state index contributed by atoms with van der Waals surface area (Å²) in [5.74, 6) is 0.490. The lowest BCUT2D eigenvalue weighted by Crippen LogP contribution is -2.35. The maximum atomic E-state index is 6.00. The minimum Gasteiger partial charge on any atom is -0.330 e. The number of likely N-dealkylation sites (tertiary alicyclic amines) is 1. The van der Waals surface area contributed by atoms with Gasteiger partial charge in [-0.25, -0.2) is 0 Å². The zero-order chi connectivity index (χ0) is 13.0. The zero-order valence-electron chi connectivity index (χ0n) is 11.8. The standard InChI is InChI=1S/C16H26N2/c1-13-6-7-16(14(2)10-13)15(11-17)12-18-8-4-3-5-9-18/h6-7,10,15H,3-5,8-9,11-12,17H2,1-2H3. The Morgan fingerprint density at radius 2 is 1.89 bits per heavy atom. The highest BCUT2D eigenvalue weighted by molar-refractivity contribution is 5.33. The first-order valence-corrected chi connectivity index (χ1v) is 7.20. The number of piperidine rings is 1. The lowest BCUT2D eigenvalue weighted by atomic mass is 9.92. The molecule has 100 valence electrons. The van der Waals surface area contributed by atoms with E-state index < -0.39 is 0 Å². The van der Waals surface area contributed by atoms with Gasteiger partial charge in [0.15, 0.2) is 0 Å². The van der Waals surface area contributed by atoms with E-state index in [1.54, 1.807) is 0 Å². The Hall–Kier alpha value is -0.860. The van der Waals surface area contributed by atoms with Crippen molar-refractivity contribution in [2.75, 3.05) is 26.2 Å². The van der Waals surface area contributed by atoms with Gasteiger partial charge in [-0.1, -0.05) is 30.2 Å². The molecule has 0 aliphatic carbocycles. The summed E-state index contributed by atoms with van der Waals surface area (Å²) in [6.45, 7) is 8.74. The molecule has 1 aliphatic rings. The Kier molecular flexibility index (Phi) is 4.79. The van der Waals surface area contributed by atoms with Crippen molar-refractivity contribution >= 4 is 0 Å². The van der Waals surface area contributed by atoms with Crippen LogP contribution in [0.4, 0.5) is 0 Å².